The molecule has 7 heteroatoms. The summed E-state index contributed by atoms with van der Waals surface area (Å²) in [6, 6.07) is 2.83. The van der Waals surface area contributed by atoms with Crippen LogP contribution >= 0.6 is 0 Å². The zero-order valence-electron chi connectivity index (χ0n) is 11.7. The highest BCUT2D eigenvalue weighted by Gasteiger charge is 2.51. The molecule has 2 aliphatic rings. The van der Waals surface area contributed by atoms with Gasteiger partial charge in [-0.15, -0.1) is 0 Å². The molecule has 1 aromatic carbocycles. The predicted octanol–water partition coefficient (Wildman–Crippen LogP) is 2.44. The largest absolute Gasteiger partial charge is 0.274 e. The molecular formula is C15H13FN2O4. The second-order valence-corrected chi connectivity index (χ2v) is 5.56. The minimum absolute atomic E-state index is 0.123. The molecule has 0 saturated carbocycles. The second-order valence-electron chi connectivity index (χ2n) is 5.56. The monoisotopic (exact) mass is 304 g/mol. The Balaban J connectivity index is 2.06. The van der Waals surface area contributed by atoms with Crippen molar-refractivity contribution < 1.29 is 18.9 Å². The number of nitro benzene ring substituents is 1. The highest BCUT2D eigenvalue weighted by Crippen LogP contribution is 2.41. The first-order chi connectivity index (χ1) is 10.4. The molecule has 0 bridgehead atoms. The number of allylic oxidation sites excluding steroid dienone is 2. The van der Waals surface area contributed by atoms with E-state index in [1.54, 1.807) is 0 Å². The van der Waals surface area contributed by atoms with Crippen LogP contribution in [0.25, 0.3) is 0 Å². The Morgan fingerprint density at radius 3 is 2.68 bits per heavy atom. The Morgan fingerprint density at radius 1 is 1.32 bits per heavy atom. The van der Waals surface area contributed by atoms with Crippen molar-refractivity contribution in [3.63, 3.8) is 0 Å². The number of carbonyl (C=O) groups is 2. The lowest BCUT2D eigenvalue weighted by Gasteiger charge is -2.22. The number of halogens is 1. The van der Waals surface area contributed by atoms with Crippen LogP contribution in [-0.2, 0) is 9.59 Å². The lowest BCUT2D eigenvalue weighted by molar-refractivity contribution is -0.384. The molecule has 6 nitrogen and oxygen atoms in total. The molecule has 0 unspecified atom stereocenters. The summed E-state index contributed by atoms with van der Waals surface area (Å²) in [5, 5.41) is 10.8. The van der Waals surface area contributed by atoms with Crippen molar-refractivity contribution in [2.24, 2.45) is 17.8 Å². The second kappa shape index (κ2) is 5.01. The number of carbonyl (C=O) groups excluding carboxylic acids is 2. The molecule has 3 rings (SSSR count). The first-order valence-corrected chi connectivity index (χ1v) is 6.90. The third kappa shape index (κ3) is 2.01. The van der Waals surface area contributed by atoms with Gasteiger partial charge in [-0.1, -0.05) is 19.1 Å². The topological polar surface area (TPSA) is 80.5 Å². The SMILES string of the molecule is C[C@@H]1C=CC[C@@H]2C(=O)N(c3cc([N+](=O)[O-])ccc3F)C(=O)[C@H]12. The van der Waals surface area contributed by atoms with Gasteiger partial charge in [0.15, 0.2) is 0 Å². The van der Waals surface area contributed by atoms with Crippen LogP contribution < -0.4 is 4.90 Å². The Kier molecular flexibility index (Phi) is 3.27. The van der Waals surface area contributed by atoms with Gasteiger partial charge in [-0.3, -0.25) is 19.7 Å². The molecule has 0 aromatic heterocycles. The maximum atomic E-state index is 14.0. The minimum Gasteiger partial charge on any atom is -0.274 e. The fourth-order valence-corrected chi connectivity index (χ4v) is 3.17. The minimum atomic E-state index is -0.827. The van der Waals surface area contributed by atoms with Gasteiger partial charge < -0.3 is 0 Å². The molecular weight excluding hydrogens is 291 g/mol. The number of hydrogen-bond donors (Lipinski definition) is 0. The predicted molar refractivity (Wildman–Crippen MR) is 75.4 cm³/mol. The van der Waals surface area contributed by atoms with Crippen molar-refractivity contribution >= 4 is 23.2 Å². The number of anilines is 1. The van der Waals surface area contributed by atoms with E-state index in [1.165, 1.54) is 0 Å². The van der Waals surface area contributed by atoms with E-state index in [0.29, 0.717) is 6.42 Å². The third-order valence-electron chi connectivity index (χ3n) is 4.25. The molecule has 0 spiro atoms. The van der Waals surface area contributed by atoms with Gasteiger partial charge in [0.05, 0.1) is 22.4 Å². The van der Waals surface area contributed by atoms with E-state index in [4.69, 9.17) is 0 Å². The molecule has 2 amide bonds. The molecule has 0 radical (unpaired) electrons. The van der Waals surface area contributed by atoms with Crippen molar-refractivity contribution in [2.45, 2.75) is 13.3 Å². The number of nitro groups is 1. The summed E-state index contributed by atoms with van der Waals surface area (Å²) >= 11 is 0. The third-order valence-corrected chi connectivity index (χ3v) is 4.25. The number of amides is 2. The summed E-state index contributed by atoms with van der Waals surface area (Å²) in [5.41, 5.74) is -0.705. The van der Waals surface area contributed by atoms with E-state index < -0.39 is 34.4 Å². The molecule has 114 valence electrons. The number of rotatable bonds is 2. The molecule has 1 heterocycles. The first kappa shape index (κ1) is 14.4. The summed E-state index contributed by atoms with van der Waals surface area (Å²) in [6.45, 7) is 1.83. The average molecular weight is 304 g/mol. The van der Waals surface area contributed by atoms with Crippen molar-refractivity contribution in [1.82, 2.24) is 0 Å². The Morgan fingerprint density at radius 2 is 2.05 bits per heavy atom. The molecule has 1 aliphatic heterocycles. The van der Waals surface area contributed by atoms with Crippen LogP contribution in [0.2, 0.25) is 0 Å². The van der Waals surface area contributed by atoms with Gasteiger partial charge in [0.2, 0.25) is 11.8 Å². The zero-order chi connectivity index (χ0) is 16.0. The lowest BCUT2D eigenvalue weighted by atomic mass is 9.78. The smallest absolute Gasteiger partial charge is 0.271 e. The quantitative estimate of drug-likeness (QED) is 0.364. The number of imide groups is 1. The summed E-state index contributed by atoms with van der Waals surface area (Å²) < 4.78 is 14.0. The lowest BCUT2D eigenvalue weighted by Crippen LogP contribution is -2.32. The van der Waals surface area contributed by atoms with Crippen molar-refractivity contribution in [3.8, 4) is 0 Å². The number of nitrogens with zero attached hydrogens (tertiary/aromatic N) is 2. The van der Waals surface area contributed by atoms with Crippen LogP contribution in [0.3, 0.4) is 0 Å². The number of non-ortho nitro benzene ring substituents is 1. The van der Waals surface area contributed by atoms with Crippen LogP contribution in [0.1, 0.15) is 13.3 Å². The van der Waals surface area contributed by atoms with E-state index >= 15 is 0 Å². The summed E-state index contributed by atoms with van der Waals surface area (Å²) in [5.74, 6) is -2.99. The van der Waals surface area contributed by atoms with Gasteiger partial charge in [0.1, 0.15) is 5.82 Å². The highest BCUT2D eigenvalue weighted by molar-refractivity contribution is 6.22. The molecule has 0 N–H and O–H groups in total. The maximum absolute atomic E-state index is 14.0. The van der Waals surface area contributed by atoms with Gasteiger partial charge in [-0.25, -0.2) is 9.29 Å². The summed E-state index contributed by atoms with van der Waals surface area (Å²) in [4.78, 5) is 35.9. The normalized spacial score (nSPS) is 27.2. The molecule has 1 saturated heterocycles. The Hall–Kier alpha value is -2.57. The molecule has 1 fully saturated rings. The molecule has 1 aliphatic carbocycles. The Bertz CT molecular complexity index is 715. The molecule has 1 aromatic rings. The van der Waals surface area contributed by atoms with E-state index in [2.05, 4.69) is 0 Å². The fraction of sp³-hybridized carbons (Fsp3) is 0.333. The van der Waals surface area contributed by atoms with E-state index in [-0.39, 0.29) is 17.3 Å². The number of hydrogen-bond acceptors (Lipinski definition) is 4. The van der Waals surface area contributed by atoms with Crippen LogP contribution in [0.15, 0.2) is 30.4 Å². The number of benzene rings is 1. The van der Waals surface area contributed by atoms with Crippen LogP contribution in [0.5, 0.6) is 0 Å². The van der Waals surface area contributed by atoms with Gasteiger partial charge in [0, 0.05) is 12.1 Å². The van der Waals surface area contributed by atoms with Crippen LogP contribution in [0.4, 0.5) is 15.8 Å². The van der Waals surface area contributed by atoms with Crippen molar-refractivity contribution in [1.29, 1.82) is 0 Å². The van der Waals surface area contributed by atoms with E-state index in [9.17, 15) is 24.1 Å². The van der Waals surface area contributed by atoms with Crippen LogP contribution in [0, 0.1) is 33.7 Å². The molecule has 3 atom stereocenters. The standard InChI is InChI=1S/C15H13FN2O4/c1-8-3-2-4-10-13(8)15(20)17(14(10)19)12-7-9(18(21)22)5-6-11(12)16/h2-3,5-8,10,13H,4H2,1H3/t8-,10+,13-/m1/s1. The zero-order valence-corrected chi connectivity index (χ0v) is 11.7. The number of fused-ring (bicyclic) bond motifs is 1. The fourth-order valence-electron chi connectivity index (χ4n) is 3.17. The highest BCUT2D eigenvalue weighted by atomic mass is 19.1. The average Bonchev–Trinajstić information content (AvgIpc) is 2.72. The van der Waals surface area contributed by atoms with Gasteiger partial charge in [0.25, 0.3) is 5.69 Å². The van der Waals surface area contributed by atoms with Crippen molar-refractivity contribution in [3.05, 3.63) is 46.3 Å². The van der Waals surface area contributed by atoms with Gasteiger partial charge in [-0.2, -0.15) is 0 Å². The maximum Gasteiger partial charge on any atom is 0.271 e. The first-order valence-electron chi connectivity index (χ1n) is 6.90. The van der Waals surface area contributed by atoms with Gasteiger partial charge >= 0.3 is 0 Å². The van der Waals surface area contributed by atoms with E-state index in [1.807, 2.05) is 19.1 Å². The van der Waals surface area contributed by atoms with Crippen molar-refractivity contribution in [2.75, 3.05) is 4.90 Å². The summed E-state index contributed by atoms with van der Waals surface area (Å²) in [7, 11) is 0. The van der Waals surface area contributed by atoms with Crippen LogP contribution in [-0.4, -0.2) is 16.7 Å². The Labute approximate surface area is 125 Å². The van der Waals surface area contributed by atoms with E-state index in [0.717, 1.165) is 23.1 Å². The molecule has 22 heavy (non-hydrogen) atoms. The summed E-state index contributed by atoms with van der Waals surface area (Å²) in [6.07, 6.45) is 4.12. The van der Waals surface area contributed by atoms with Gasteiger partial charge in [-0.05, 0) is 18.4 Å².